The Morgan fingerprint density at radius 1 is 1.42 bits per heavy atom. The molecule has 0 spiro atoms. The van der Waals surface area contributed by atoms with Gasteiger partial charge in [-0.05, 0) is 12.1 Å². The number of hydrogen-bond donors (Lipinski definition) is 3. The predicted molar refractivity (Wildman–Crippen MR) is 70.2 cm³/mol. The van der Waals surface area contributed by atoms with Gasteiger partial charge < -0.3 is 10.1 Å². The number of carbonyl (C=O) groups is 1. The number of aromatic nitrogens is 1. The van der Waals surface area contributed by atoms with Crippen molar-refractivity contribution in [3.63, 3.8) is 0 Å². The molecule has 2 aromatic rings. The Bertz CT molecular complexity index is 755. The summed E-state index contributed by atoms with van der Waals surface area (Å²) < 4.78 is 25.9. The van der Waals surface area contributed by atoms with Gasteiger partial charge in [-0.2, -0.15) is 0 Å². The van der Waals surface area contributed by atoms with Crippen LogP contribution in [0.15, 0.2) is 26.5 Å². The van der Waals surface area contributed by atoms with Crippen LogP contribution in [0, 0.1) is 0 Å². The van der Waals surface area contributed by atoms with Gasteiger partial charge in [-0.25, -0.2) is 17.9 Å². The van der Waals surface area contributed by atoms with Crippen LogP contribution in [0.2, 0.25) is 0 Å². The maximum atomic E-state index is 11.9. The number of carboxylic acids is 1. The number of hydrogen-bond acceptors (Lipinski definition) is 6. The molecule has 0 saturated carbocycles. The van der Waals surface area contributed by atoms with Crippen molar-refractivity contribution < 1.29 is 18.3 Å². The third-order valence-electron chi connectivity index (χ3n) is 2.08. The molecule has 0 saturated heterocycles. The number of aromatic amines is 1. The topological polar surface area (TPSA) is 116 Å². The molecule has 0 aromatic carbocycles. The lowest BCUT2D eigenvalue weighted by Crippen LogP contribution is -2.22. The third-order valence-corrected chi connectivity index (χ3v) is 5.77. The molecule has 0 aliphatic carbocycles. The summed E-state index contributed by atoms with van der Waals surface area (Å²) in [6.45, 7) is -0.0542. The van der Waals surface area contributed by atoms with Gasteiger partial charge in [0.15, 0.2) is 0 Å². The van der Waals surface area contributed by atoms with Crippen LogP contribution < -0.4 is 9.60 Å². The standard InChI is InChI=1S/C9H8N2O5S3/c12-8(13)6-1-2-7(18-6)19(15,16)10-3-5-4-17-9(14)11-5/h1-2,4,10H,3H2,(H,11,14)(H,12,13). The molecule has 0 bridgehead atoms. The highest BCUT2D eigenvalue weighted by Gasteiger charge is 2.18. The number of thiazole rings is 1. The van der Waals surface area contributed by atoms with Crippen LogP contribution in [0.1, 0.15) is 15.4 Å². The molecule has 102 valence electrons. The maximum Gasteiger partial charge on any atom is 0.345 e. The molecular formula is C9H8N2O5S3. The van der Waals surface area contributed by atoms with Gasteiger partial charge in [-0.3, -0.25) is 4.79 Å². The average Bonchev–Trinajstić information content (AvgIpc) is 2.95. The van der Waals surface area contributed by atoms with Crippen LogP contribution >= 0.6 is 22.7 Å². The largest absolute Gasteiger partial charge is 0.477 e. The molecule has 0 atom stereocenters. The first kappa shape index (κ1) is 13.9. The molecular weight excluding hydrogens is 312 g/mol. The number of aromatic carboxylic acids is 1. The maximum absolute atomic E-state index is 11.9. The molecule has 0 fully saturated rings. The number of nitrogens with one attached hydrogen (secondary N) is 2. The van der Waals surface area contributed by atoms with E-state index in [9.17, 15) is 18.0 Å². The van der Waals surface area contributed by atoms with Crippen LogP contribution in [-0.2, 0) is 16.6 Å². The molecule has 2 heterocycles. The Balaban J connectivity index is 2.13. The smallest absolute Gasteiger partial charge is 0.345 e. The SMILES string of the molecule is O=C(O)c1ccc(S(=O)(=O)NCc2csc(=O)[nH]2)s1. The van der Waals surface area contributed by atoms with Crippen LogP contribution in [0.25, 0.3) is 0 Å². The van der Waals surface area contributed by atoms with E-state index in [1.807, 2.05) is 0 Å². The first-order valence-electron chi connectivity index (χ1n) is 4.88. The third kappa shape index (κ3) is 3.29. The highest BCUT2D eigenvalue weighted by molar-refractivity contribution is 7.91. The Morgan fingerprint density at radius 2 is 2.16 bits per heavy atom. The monoisotopic (exact) mass is 320 g/mol. The van der Waals surface area contributed by atoms with E-state index in [0.717, 1.165) is 11.3 Å². The summed E-state index contributed by atoms with van der Waals surface area (Å²) in [5.41, 5.74) is 0.452. The van der Waals surface area contributed by atoms with E-state index in [1.165, 1.54) is 17.5 Å². The Morgan fingerprint density at radius 3 is 2.68 bits per heavy atom. The predicted octanol–water partition coefficient (Wildman–Crippen LogP) is 0.675. The Labute approximate surface area is 115 Å². The molecule has 3 N–H and O–H groups in total. The number of thiophene rings is 1. The lowest BCUT2D eigenvalue weighted by atomic mass is 10.5. The fourth-order valence-corrected chi connectivity index (χ4v) is 4.00. The first-order chi connectivity index (χ1) is 8.88. The lowest BCUT2D eigenvalue weighted by Gasteiger charge is -2.02. The number of H-pyrrole nitrogens is 1. The summed E-state index contributed by atoms with van der Waals surface area (Å²) in [6, 6.07) is 2.46. The zero-order valence-electron chi connectivity index (χ0n) is 9.24. The van der Waals surface area contributed by atoms with Crippen molar-refractivity contribution in [1.29, 1.82) is 0 Å². The first-order valence-corrected chi connectivity index (χ1v) is 8.06. The van der Waals surface area contributed by atoms with E-state index in [-0.39, 0.29) is 20.5 Å². The molecule has 2 aromatic heterocycles. The van der Waals surface area contributed by atoms with E-state index in [1.54, 1.807) is 0 Å². The van der Waals surface area contributed by atoms with Gasteiger partial charge in [0.2, 0.25) is 10.0 Å². The van der Waals surface area contributed by atoms with E-state index in [4.69, 9.17) is 5.11 Å². The van der Waals surface area contributed by atoms with Crippen LogP contribution in [0.5, 0.6) is 0 Å². The fraction of sp³-hybridized carbons (Fsp3) is 0.111. The minimum absolute atomic E-state index is 0.0516. The molecule has 0 amide bonds. The fourth-order valence-electron chi connectivity index (χ4n) is 1.22. The quantitative estimate of drug-likeness (QED) is 0.749. The normalized spacial score (nSPS) is 11.6. The highest BCUT2D eigenvalue weighted by Crippen LogP contribution is 2.21. The molecule has 0 aliphatic rings. The highest BCUT2D eigenvalue weighted by atomic mass is 32.2. The Hall–Kier alpha value is -1.49. The molecule has 0 radical (unpaired) electrons. The van der Waals surface area contributed by atoms with Crippen LogP contribution in [0.3, 0.4) is 0 Å². The van der Waals surface area contributed by atoms with Crippen LogP contribution in [0.4, 0.5) is 0 Å². The van der Waals surface area contributed by atoms with Gasteiger partial charge in [-0.15, -0.1) is 11.3 Å². The summed E-state index contributed by atoms with van der Waals surface area (Å²) in [5.74, 6) is -1.17. The van der Waals surface area contributed by atoms with Gasteiger partial charge in [0, 0.05) is 11.1 Å². The zero-order chi connectivity index (χ0) is 14.0. The van der Waals surface area contributed by atoms with E-state index in [0.29, 0.717) is 17.0 Å². The van der Waals surface area contributed by atoms with Crippen molar-refractivity contribution in [2.75, 3.05) is 0 Å². The van der Waals surface area contributed by atoms with Crippen molar-refractivity contribution in [2.45, 2.75) is 10.8 Å². The van der Waals surface area contributed by atoms with Gasteiger partial charge >= 0.3 is 10.8 Å². The molecule has 7 nitrogen and oxygen atoms in total. The van der Waals surface area contributed by atoms with Gasteiger partial charge in [0.1, 0.15) is 9.09 Å². The van der Waals surface area contributed by atoms with Crippen molar-refractivity contribution in [1.82, 2.24) is 9.71 Å². The molecule has 19 heavy (non-hydrogen) atoms. The van der Waals surface area contributed by atoms with Crippen molar-refractivity contribution >= 4 is 38.7 Å². The summed E-state index contributed by atoms with van der Waals surface area (Å²) in [6.07, 6.45) is 0. The summed E-state index contributed by atoms with van der Waals surface area (Å²) in [4.78, 5) is 23.7. The van der Waals surface area contributed by atoms with Gasteiger partial charge in [0.25, 0.3) is 0 Å². The Kier molecular flexibility index (Phi) is 3.85. The van der Waals surface area contributed by atoms with E-state index < -0.39 is 16.0 Å². The average molecular weight is 320 g/mol. The minimum Gasteiger partial charge on any atom is -0.477 e. The second-order valence-electron chi connectivity index (χ2n) is 3.42. The molecule has 2 rings (SSSR count). The second-order valence-corrected chi connectivity index (χ2v) is 7.34. The summed E-state index contributed by atoms with van der Waals surface area (Å²) in [7, 11) is -3.77. The number of sulfonamides is 1. The molecule has 0 unspecified atom stereocenters. The van der Waals surface area contributed by atoms with Crippen molar-refractivity contribution in [3.05, 3.63) is 37.8 Å². The molecule has 10 heteroatoms. The minimum atomic E-state index is -3.77. The second kappa shape index (κ2) is 5.25. The van der Waals surface area contributed by atoms with Gasteiger partial charge in [0.05, 0.1) is 6.54 Å². The van der Waals surface area contributed by atoms with Crippen LogP contribution in [-0.4, -0.2) is 24.5 Å². The zero-order valence-corrected chi connectivity index (χ0v) is 11.7. The summed E-state index contributed by atoms with van der Waals surface area (Å²) >= 11 is 1.61. The number of carboxylic acid groups (broad SMARTS) is 1. The molecule has 0 aliphatic heterocycles. The van der Waals surface area contributed by atoms with Crippen molar-refractivity contribution in [2.24, 2.45) is 0 Å². The lowest BCUT2D eigenvalue weighted by molar-refractivity contribution is 0.0702. The van der Waals surface area contributed by atoms with E-state index in [2.05, 4.69) is 9.71 Å². The van der Waals surface area contributed by atoms with Gasteiger partial charge in [-0.1, -0.05) is 11.3 Å². The van der Waals surface area contributed by atoms with Crippen molar-refractivity contribution in [3.8, 4) is 0 Å². The van der Waals surface area contributed by atoms with E-state index >= 15 is 0 Å². The summed E-state index contributed by atoms with van der Waals surface area (Å²) in [5, 5.41) is 10.2. The number of rotatable bonds is 5.